The van der Waals surface area contributed by atoms with Gasteiger partial charge < -0.3 is 15.1 Å². The molecule has 1 amide bonds. The lowest BCUT2D eigenvalue weighted by Crippen LogP contribution is -2.42. The van der Waals surface area contributed by atoms with E-state index in [1.54, 1.807) is 4.90 Å². The molecule has 0 unspecified atom stereocenters. The van der Waals surface area contributed by atoms with Crippen LogP contribution in [-0.2, 0) is 9.59 Å². The van der Waals surface area contributed by atoms with Crippen LogP contribution < -0.4 is 0 Å². The zero-order valence-corrected chi connectivity index (χ0v) is 11.2. The van der Waals surface area contributed by atoms with Crippen molar-refractivity contribution in [2.75, 3.05) is 24.7 Å². The van der Waals surface area contributed by atoms with Gasteiger partial charge in [-0.1, -0.05) is 13.8 Å². The molecule has 0 fully saturated rings. The fourth-order valence-electron chi connectivity index (χ4n) is 1.66. The molecule has 5 nitrogen and oxygen atoms in total. The minimum absolute atomic E-state index is 0.0637. The Balaban J connectivity index is 4.27. The molecule has 0 aromatic heterocycles. The van der Waals surface area contributed by atoms with Crippen LogP contribution >= 0.6 is 11.8 Å². The summed E-state index contributed by atoms with van der Waals surface area (Å²) in [6.07, 6.45) is 1.68. The zero-order valence-electron chi connectivity index (χ0n) is 10.4. The van der Waals surface area contributed by atoms with Gasteiger partial charge in [0.1, 0.15) is 0 Å². The molecule has 0 saturated carbocycles. The Kier molecular flexibility index (Phi) is 8.89. The van der Waals surface area contributed by atoms with E-state index < -0.39 is 5.97 Å². The maximum absolute atomic E-state index is 11.9. The SMILES string of the molecule is CCC(CC)N(CCO)C(=O)CSCC(=O)O. The topological polar surface area (TPSA) is 77.8 Å². The van der Waals surface area contributed by atoms with Crippen molar-refractivity contribution in [1.29, 1.82) is 0 Å². The van der Waals surface area contributed by atoms with Gasteiger partial charge in [-0.2, -0.15) is 0 Å². The van der Waals surface area contributed by atoms with Crippen molar-refractivity contribution in [3.05, 3.63) is 0 Å². The number of carboxylic acids is 1. The Morgan fingerprint density at radius 1 is 1.24 bits per heavy atom. The third-order valence-electron chi connectivity index (χ3n) is 2.50. The maximum atomic E-state index is 11.9. The van der Waals surface area contributed by atoms with Gasteiger partial charge in [-0.25, -0.2) is 0 Å². The van der Waals surface area contributed by atoms with Gasteiger partial charge in [0.15, 0.2) is 0 Å². The van der Waals surface area contributed by atoms with Crippen molar-refractivity contribution >= 4 is 23.6 Å². The van der Waals surface area contributed by atoms with E-state index in [2.05, 4.69) is 0 Å². The Bertz CT molecular complexity index is 244. The van der Waals surface area contributed by atoms with Crippen LogP contribution in [0.4, 0.5) is 0 Å². The molecule has 17 heavy (non-hydrogen) atoms. The number of thioether (sulfide) groups is 1. The summed E-state index contributed by atoms with van der Waals surface area (Å²) in [5.41, 5.74) is 0. The zero-order chi connectivity index (χ0) is 13.3. The van der Waals surface area contributed by atoms with Crippen LogP contribution in [0, 0.1) is 0 Å². The summed E-state index contributed by atoms with van der Waals surface area (Å²) >= 11 is 1.09. The molecule has 100 valence electrons. The largest absolute Gasteiger partial charge is 0.481 e. The van der Waals surface area contributed by atoms with E-state index in [4.69, 9.17) is 10.2 Å². The quantitative estimate of drug-likeness (QED) is 0.644. The normalized spacial score (nSPS) is 10.6. The number of aliphatic hydroxyl groups is 1. The molecule has 2 N–H and O–H groups in total. The standard InChI is InChI=1S/C11H21NO4S/c1-3-9(4-2)12(5-6-13)10(14)7-17-8-11(15)16/h9,13H,3-8H2,1-2H3,(H,15,16). The van der Waals surface area contributed by atoms with Crippen LogP contribution in [0.25, 0.3) is 0 Å². The van der Waals surface area contributed by atoms with Crippen LogP contribution in [0.3, 0.4) is 0 Å². The minimum Gasteiger partial charge on any atom is -0.481 e. The lowest BCUT2D eigenvalue weighted by molar-refractivity contribution is -0.133. The summed E-state index contributed by atoms with van der Waals surface area (Å²) in [4.78, 5) is 23.9. The maximum Gasteiger partial charge on any atom is 0.313 e. The minimum atomic E-state index is -0.918. The molecule has 0 aliphatic heterocycles. The number of carboxylic acid groups (broad SMARTS) is 1. The molecule has 0 heterocycles. The van der Waals surface area contributed by atoms with Gasteiger partial charge >= 0.3 is 5.97 Å². The number of carbonyl (C=O) groups excluding carboxylic acids is 1. The van der Waals surface area contributed by atoms with Gasteiger partial charge in [-0.15, -0.1) is 11.8 Å². The second-order valence-electron chi connectivity index (χ2n) is 3.67. The smallest absolute Gasteiger partial charge is 0.313 e. The lowest BCUT2D eigenvalue weighted by atomic mass is 10.1. The third-order valence-corrected chi connectivity index (χ3v) is 3.40. The number of aliphatic hydroxyl groups excluding tert-OH is 1. The molecule has 0 aliphatic rings. The summed E-state index contributed by atoms with van der Waals surface area (Å²) in [6, 6.07) is 0.125. The highest BCUT2D eigenvalue weighted by atomic mass is 32.2. The molecule has 6 heteroatoms. The number of aliphatic carboxylic acids is 1. The van der Waals surface area contributed by atoms with Crippen molar-refractivity contribution in [3.8, 4) is 0 Å². The lowest BCUT2D eigenvalue weighted by Gasteiger charge is -2.29. The molecule has 0 saturated heterocycles. The predicted molar refractivity (Wildman–Crippen MR) is 68.1 cm³/mol. The highest BCUT2D eigenvalue weighted by Gasteiger charge is 2.20. The molecule has 0 atom stereocenters. The van der Waals surface area contributed by atoms with E-state index in [-0.39, 0.29) is 30.1 Å². The van der Waals surface area contributed by atoms with Gasteiger partial charge in [0.05, 0.1) is 18.1 Å². The van der Waals surface area contributed by atoms with Crippen molar-refractivity contribution in [3.63, 3.8) is 0 Å². The summed E-state index contributed by atoms with van der Waals surface area (Å²) < 4.78 is 0. The van der Waals surface area contributed by atoms with E-state index in [0.717, 1.165) is 24.6 Å². The highest BCUT2D eigenvalue weighted by molar-refractivity contribution is 8.00. The molecule has 0 radical (unpaired) electrons. The van der Waals surface area contributed by atoms with Crippen molar-refractivity contribution in [2.24, 2.45) is 0 Å². The molecular weight excluding hydrogens is 242 g/mol. The van der Waals surface area contributed by atoms with Crippen molar-refractivity contribution in [2.45, 2.75) is 32.7 Å². The van der Waals surface area contributed by atoms with E-state index in [1.165, 1.54) is 0 Å². The van der Waals surface area contributed by atoms with Gasteiger partial charge in [-0.05, 0) is 12.8 Å². The van der Waals surface area contributed by atoms with Gasteiger partial charge in [-0.3, -0.25) is 9.59 Å². The Labute approximate surface area is 106 Å². The second-order valence-corrected chi connectivity index (χ2v) is 4.65. The third kappa shape index (κ3) is 6.53. The van der Waals surface area contributed by atoms with E-state index in [1.807, 2.05) is 13.8 Å². The first-order chi connectivity index (χ1) is 8.06. The summed E-state index contributed by atoms with van der Waals surface area (Å²) in [7, 11) is 0. The molecule has 0 spiro atoms. The number of hydrogen-bond acceptors (Lipinski definition) is 4. The Morgan fingerprint density at radius 3 is 2.24 bits per heavy atom. The predicted octanol–water partition coefficient (Wildman–Crippen LogP) is 0.814. The summed E-state index contributed by atoms with van der Waals surface area (Å²) in [5, 5.41) is 17.4. The van der Waals surface area contributed by atoms with E-state index in [0.29, 0.717) is 6.54 Å². The summed E-state index contributed by atoms with van der Waals surface area (Å²) in [6.45, 7) is 4.25. The first-order valence-corrected chi connectivity index (χ1v) is 6.92. The van der Waals surface area contributed by atoms with Gasteiger partial charge in [0.2, 0.25) is 5.91 Å². The van der Waals surface area contributed by atoms with Crippen LogP contribution in [0.1, 0.15) is 26.7 Å². The average Bonchev–Trinajstić information content (AvgIpc) is 2.28. The van der Waals surface area contributed by atoms with Crippen molar-refractivity contribution in [1.82, 2.24) is 4.90 Å². The fourth-order valence-corrected chi connectivity index (χ4v) is 2.27. The van der Waals surface area contributed by atoms with Crippen LogP contribution in [0.15, 0.2) is 0 Å². The average molecular weight is 263 g/mol. The molecule has 0 rings (SSSR count). The number of amides is 1. The number of nitrogens with zero attached hydrogens (tertiary/aromatic N) is 1. The highest BCUT2D eigenvalue weighted by Crippen LogP contribution is 2.11. The number of rotatable bonds is 9. The monoisotopic (exact) mass is 263 g/mol. The summed E-state index contributed by atoms with van der Waals surface area (Å²) in [5.74, 6) is -0.928. The first-order valence-electron chi connectivity index (χ1n) is 5.76. The molecule has 0 aromatic rings. The molecule has 0 bridgehead atoms. The Morgan fingerprint density at radius 2 is 1.82 bits per heavy atom. The first kappa shape index (κ1) is 16.2. The molecule has 0 aliphatic carbocycles. The van der Waals surface area contributed by atoms with E-state index >= 15 is 0 Å². The van der Waals surface area contributed by atoms with Crippen molar-refractivity contribution < 1.29 is 19.8 Å². The van der Waals surface area contributed by atoms with Crippen LogP contribution in [0.5, 0.6) is 0 Å². The fraction of sp³-hybridized carbons (Fsp3) is 0.818. The van der Waals surface area contributed by atoms with Crippen LogP contribution in [-0.4, -0.2) is 57.7 Å². The molecule has 0 aromatic carbocycles. The number of carbonyl (C=O) groups is 2. The van der Waals surface area contributed by atoms with E-state index in [9.17, 15) is 9.59 Å². The molecular formula is C11H21NO4S. The second kappa shape index (κ2) is 9.30. The van der Waals surface area contributed by atoms with Gasteiger partial charge in [0.25, 0.3) is 0 Å². The number of hydrogen-bond donors (Lipinski definition) is 2. The van der Waals surface area contributed by atoms with Gasteiger partial charge in [0, 0.05) is 12.6 Å². The van der Waals surface area contributed by atoms with Crippen LogP contribution in [0.2, 0.25) is 0 Å². The Hall–Kier alpha value is -0.750.